The summed E-state index contributed by atoms with van der Waals surface area (Å²) >= 11 is 0. The Balaban J connectivity index is 1.61. The summed E-state index contributed by atoms with van der Waals surface area (Å²) in [6, 6.07) is 18.9. The summed E-state index contributed by atoms with van der Waals surface area (Å²) in [5.74, 6) is 0.814. The van der Waals surface area contributed by atoms with E-state index in [1.54, 1.807) is 4.57 Å². The fourth-order valence-electron chi connectivity index (χ4n) is 5.14. The molecule has 1 unspecified atom stereocenters. The predicted molar refractivity (Wildman–Crippen MR) is 144 cm³/mol. The van der Waals surface area contributed by atoms with Gasteiger partial charge in [-0.2, -0.15) is 5.10 Å². The number of fused-ring (bicyclic) bond motifs is 1. The van der Waals surface area contributed by atoms with Gasteiger partial charge >= 0.3 is 5.69 Å². The molecule has 0 saturated carbocycles. The van der Waals surface area contributed by atoms with Crippen LogP contribution < -0.4 is 16.6 Å². The lowest BCUT2D eigenvalue weighted by Crippen LogP contribution is -2.38. The molecule has 8 nitrogen and oxygen atoms in total. The second-order valence-corrected chi connectivity index (χ2v) is 10.2. The Hall–Kier alpha value is -3.65. The van der Waals surface area contributed by atoms with Gasteiger partial charge in [-0.3, -0.25) is 18.8 Å². The van der Waals surface area contributed by atoms with Gasteiger partial charge in [0.15, 0.2) is 5.65 Å². The molecule has 5 rings (SSSR count). The van der Waals surface area contributed by atoms with Crippen LogP contribution in [0.1, 0.15) is 43.9 Å². The highest BCUT2D eigenvalue weighted by atomic mass is 16.2. The topological polar surface area (TPSA) is 77.1 Å². The van der Waals surface area contributed by atoms with E-state index in [1.807, 2.05) is 48.9 Å². The number of anilines is 2. The first-order chi connectivity index (χ1) is 17.3. The van der Waals surface area contributed by atoms with E-state index in [0.717, 1.165) is 17.8 Å². The van der Waals surface area contributed by atoms with Crippen molar-refractivity contribution in [3.63, 3.8) is 0 Å². The summed E-state index contributed by atoms with van der Waals surface area (Å²) in [4.78, 5) is 28.8. The maximum Gasteiger partial charge on any atom is 0.332 e. The second kappa shape index (κ2) is 9.78. The van der Waals surface area contributed by atoms with Crippen LogP contribution in [-0.4, -0.2) is 37.4 Å². The molecule has 8 heteroatoms. The molecular weight excluding hydrogens is 451 g/mol. The first-order valence-corrected chi connectivity index (χ1v) is 12.6. The summed E-state index contributed by atoms with van der Waals surface area (Å²) < 4.78 is 4.61. The third-order valence-corrected chi connectivity index (χ3v) is 7.03. The minimum atomic E-state index is -0.348. The number of likely N-dealkylation sites (tertiary alicyclic amines) is 1. The van der Waals surface area contributed by atoms with Crippen molar-refractivity contribution in [3.05, 3.63) is 86.6 Å². The highest BCUT2D eigenvalue weighted by molar-refractivity contribution is 5.89. The molecule has 1 N–H and O–H groups in total. The van der Waals surface area contributed by atoms with Crippen LogP contribution in [-0.2, 0) is 20.1 Å². The zero-order chi connectivity index (χ0) is 25.4. The third-order valence-electron chi connectivity index (χ3n) is 7.03. The number of hydrogen-bond acceptors (Lipinski definition) is 5. The number of hydrogen-bond donors (Lipinski definition) is 1. The van der Waals surface area contributed by atoms with Gasteiger partial charge in [-0.05, 0) is 55.6 Å². The number of rotatable bonds is 7. The van der Waals surface area contributed by atoms with E-state index in [2.05, 4.69) is 41.5 Å². The molecule has 1 aliphatic rings. The van der Waals surface area contributed by atoms with Crippen LogP contribution in [0, 0.1) is 5.92 Å². The normalized spacial score (nSPS) is 16.3. The highest BCUT2D eigenvalue weighted by Crippen LogP contribution is 2.31. The van der Waals surface area contributed by atoms with Crippen molar-refractivity contribution in [2.45, 2.75) is 45.8 Å². The van der Waals surface area contributed by atoms with Crippen molar-refractivity contribution in [2.24, 2.45) is 13.0 Å². The lowest BCUT2D eigenvalue weighted by molar-refractivity contribution is 0.317. The van der Waals surface area contributed by atoms with Crippen molar-refractivity contribution < 1.29 is 0 Å². The maximum atomic E-state index is 13.3. The first-order valence-electron chi connectivity index (χ1n) is 12.6. The Labute approximate surface area is 210 Å². The summed E-state index contributed by atoms with van der Waals surface area (Å²) in [5, 5.41) is 8.66. The minimum absolute atomic E-state index is 0.223. The lowest BCUT2D eigenvalue weighted by atomic mass is 10.0. The van der Waals surface area contributed by atoms with Gasteiger partial charge in [0.1, 0.15) is 11.2 Å². The predicted octanol–water partition coefficient (Wildman–Crippen LogP) is 4.11. The number of nitrogens with one attached hydrogen (secondary N) is 1. The van der Waals surface area contributed by atoms with Gasteiger partial charge in [0.2, 0.25) is 0 Å². The van der Waals surface area contributed by atoms with Crippen molar-refractivity contribution in [3.8, 4) is 0 Å². The lowest BCUT2D eigenvalue weighted by Gasteiger charge is -2.20. The minimum Gasteiger partial charge on any atom is -0.340 e. The molecular formula is C28H34N6O2. The molecule has 0 bridgehead atoms. The van der Waals surface area contributed by atoms with E-state index >= 15 is 0 Å². The van der Waals surface area contributed by atoms with Crippen LogP contribution in [0.5, 0.6) is 0 Å². The van der Waals surface area contributed by atoms with Gasteiger partial charge in [0.05, 0.1) is 6.54 Å². The van der Waals surface area contributed by atoms with Crippen molar-refractivity contribution in [1.29, 1.82) is 0 Å². The maximum absolute atomic E-state index is 13.3. The van der Waals surface area contributed by atoms with E-state index in [4.69, 9.17) is 5.10 Å². The zero-order valence-corrected chi connectivity index (χ0v) is 21.4. The molecule has 3 heterocycles. The van der Waals surface area contributed by atoms with E-state index in [9.17, 15) is 9.59 Å². The molecule has 2 aromatic heterocycles. The van der Waals surface area contributed by atoms with Crippen LogP contribution in [0.3, 0.4) is 0 Å². The number of aromatic nitrogens is 4. The average molecular weight is 486 g/mol. The van der Waals surface area contributed by atoms with Gasteiger partial charge in [0.25, 0.3) is 5.56 Å². The molecule has 0 aliphatic carbocycles. The van der Waals surface area contributed by atoms with Gasteiger partial charge in [-0.25, -0.2) is 9.48 Å². The summed E-state index contributed by atoms with van der Waals surface area (Å²) in [6.45, 7) is 6.19. The Morgan fingerprint density at radius 2 is 1.75 bits per heavy atom. The molecule has 0 spiro atoms. The summed E-state index contributed by atoms with van der Waals surface area (Å²) in [5.41, 5.74) is 2.98. The fraction of sp³-hybridized carbons (Fsp3) is 0.393. The van der Waals surface area contributed by atoms with Crippen molar-refractivity contribution >= 4 is 22.5 Å². The van der Waals surface area contributed by atoms with Crippen molar-refractivity contribution in [1.82, 2.24) is 23.8 Å². The molecule has 2 aromatic carbocycles. The Morgan fingerprint density at radius 1 is 1.03 bits per heavy atom. The smallest absolute Gasteiger partial charge is 0.332 e. The third kappa shape index (κ3) is 4.48. The van der Waals surface area contributed by atoms with Gasteiger partial charge in [-0.15, -0.1) is 0 Å². The SMILES string of the molecule is CC(C)Cn1c(=O)n(C)c(=O)c2c(Nc3ccccc3)n(Cc3ccc(C4CCCN4[11CH3])cc3)nc21. The molecule has 1 saturated heterocycles. The number of benzene rings is 2. The highest BCUT2D eigenvalue weighted by Gasteiger charge is 2.24. The standard InChI is InChI=1S/C28H34N6O2/c1-19(2)17-33-26-24(27(35)32(4)28(33)36)25(29-22-9-6-5-7-10-22)34(30-26)18-20-12-14-21(15-13-20)23-11-8-16-31(23)3/h5-7,9-10,12-15,19,23,29H,8,11,16-18H2,1-4H3/i3-1. The zero-order valence-electron chi connectivity index (χ0n) is 21.4. The largest absolute Gasteiger partial charge is 0.340 e. The van der Waals surface area contributed by atoms with Crippen LogP contribution in [0.2, 0.25) is 0 Å². The molecule has 1 aliphatic heterocycles. The van der Waals surface area contributed by atoms with E-state index in [1.165, 1.54) is 30.0 Å². The van der Waals surface area contributed by atoms with Gasteiger partial charge in [0, 0.05) is 25.3 Å². The fourth-order valence-corrected chi connectivity index (χ4v) is 5.14. The molecule has 1 atom stereocenters. The van der Waals surface area contributed by atoms with E-state index in [0.29, 0.717) is 36.0 Å². The molecule has 4 aromatic rings. The van der Waals surface area contributed by atoms with Crippen molar-refractivity contribution in [2.75, 3.05) is 18.9 Å². The molecule has 0 amide bonds. The molecule has 188 valence electrons. The second-order valence-electron chi connectivity index (χ2n) is 10.2. The molecule has 36 heavy (non-hydrogen) atoms. The number of nitrogens with zero attached hydrogens (tertiary/aromatic N) is 5. The average Bonchev–Trinajstić information content (AvgIpc) is 3.45. The molecule has 0 radical (unpaired) electrons. The van der Waals surface area contributed by atoms with Gasteiger partial charge in [-0.1, -0.05) is 56.3 Å². The van der Waals surface area contributed by atoms with Crippen LogP contribution in [0.4, 0.5) is 11.5 Å². The first kappa shape index (κ1) is 24.1. The number of para-hydroxylation sites is 1. The van der Waals surface area contributed by atoms with Crippen LogP contribution in [0.25, 0.3) is 11.0 Å². The monoisotopic (exact) mass is 485 g/mol. The quantitative estimate of drug-likeness (QED) is 0.426. The Bertz CT molecular complexity index is 1480. The van der Waals surface area contributed by atoms with Crippen LogP contribution in [0.15, 0.2) is 64.2 Å². The Morgan fingerprint density at radius 3 is 2.39 bits per heavy atom. The molecule has 1 fully saturated rings. The van der Waals surface area contributed by atoms with Gasteiger partial charge < -0.3 is 5.32 Å². The van der Waals surface area contributed by atoms with E-state index < -0.39 is 0 Å². The van der Waals surface area contributed by atoms with Crippen LogP contribution >= 0.6 is 0 Å². The van der Waals surface area contributed by atoms with E-state index in [-0.39, 0.29) is 17.2 Å². The summed E-state index contributed by atoms with van der Waals surface area (Å²) in [6.07, 6.45) is 2.41. The summed E-state index contributed by atoms with van der Waals surface area (Å²) in [7, 11) is 3.71. The Kier molecular flexibility index (Phi) is 6.53.